The van der Waals surface area contributed by atoms with Crippen molar-refractivity contribution < 1.29 is 0 Å². The first kappa shape index (κ1) is 5.78. The van der Waals surface area contributed by atoms with Gasteiger partial charge in [0.05, 0.1) is 0 Å². The highest BCUT2D eigenvalue weighted by molar-refractivity contribution is 5.86. The summed E-state index contributed by atoms with van der Waals surface area (Å²) in [7, 11) is 0. The molecule has 0 bridgehead atoms. The second-order valence-electron chi connectivity index (χ2n) is 11.5. The van der Waals surface area contributed by atoms with Gasteiger partial charge in [-0.2, -0.15) is 0 Å². The van der Waals surface area contributed by atoms with Gasteiger partial charge in [0.15, 0.2) is 0 Å². The van der Waals surface area contributed by atoms with Crippen LogP contribution >= 0.6 is 0 Å². The predicted octanol–water partition coefficient (Wildman–Crippen LogP) is 1.48. The lowest BCUT2D eigenvalue weighted by Crippen LogP contribution is -3.41. The maximum Gasteiger partial charge on any atom is -0.00932 e. The van der Waals surface area contributed by atoms with E-state index in [-0.39, 0.29) is 0 Å². The van der Waals surface area contributed by atoms with Gasteiger partial charge >= 0.3 is 0 Å². The van der Waals surface area contributed by atoms with Crippen LogP contribution in [0.1, 0.15) is 0 Å². The van der Waals surface area contributed by atoms with Crippen LogP contribution in [0.4, 0.5) is 0 Å². The SMILES string of the molecule is C12C3C4C5C6C1C17C8C9C%10C%11C%12C8C61C5%12C4%11C3%10C297. The van der Waals surface area contributed by atoms with Crippen molar-refractivity contribution in [2.45, 2.75) is 0 Å². The van der Waals surface area contributed by atoms with Crippen LogP contribution in [0.15, 0.2) is 0 Å². The van der Waals surface area contributed by atoms with Crippen LogP contribution in [0.2, 0.25) is 0 Å². The summed E-state index contributed by atoms with van der Waals surface area (Å²) in [6.07, 6.45) is 0. The van der Waals surface area contributed by atoms with E-state index >= 15 is 0 Å². The Morgan fingerprint density at radius 3 is 0.444 bits per heavy atom. The minimum absolute atomic E-state index is 1.14. The van der Waals surface area contributed by atoms with Gasteiger partial charge in [0, 0.05) is 0 Å². The van der Waals surface area contributed by atoms with Gasteiger partial charge in [-0.25, -0.2) is 0 Å². The molecule has 18 heavy (non-hydrogen) atoms. The Balaban J connectivity index is 1.51. The Bertz CT molecular complexity index is 594. The molecule has 12 saturated carbocycles. The van der Waals surface area contributed by atoms with Crippen molar-refractivity contribution in [2.24, 2.45) is 104 Å². The highest BCUT2D eigenvalue weighted by atomic mass is 15.4. The third-order valence-electron chi connectivity index (χ3n) is 15.1. The average molecular weight is 228 g/mol. The van der Waals surface area contributed by atoms with Gasteiger partial charge in [-0.1, -0.05) is 0 Å². The number of fused-ring (bicyclic) bond motifs is 12. The van der Waals surface area contributed by atoms with E-state index in [1.807, 2.05) is 0 Å². The van der Waals surface area contributed by atoms with Gasteiger partial charge in [0.1, 0.15) is 0 Å². The molecule has 84 valence electrons. The topological polar surface area (TPSA) is 0 Å². The third kappa shape index (κ3) is 0.119. The summed E-state index contributed by atoms with van der Waals surface area (Å²) in [5.74, 6) is 16.6. The Kier molecular flexibility index (Phi) is 0.270. The van der Waals surface area contributed by atoms with Crippen LogP contribution in [0.3, 0.4) is 0 Å². The summed E-state index contributed by atoms with van der Waals surface area (Å²) >= 11 is 0. The smallest absolute Gasteiger partial charge is 0.00932 e. The molecule has 6 spiro atoms. The van der Waals surface area contributed by atoms with Crippen LogP contribution in [-0.2, 0) is 0 Å². The molecule has 0 unspecified atom stereocenters. The predicted molar refractivity (Wildman–Crippen MR) is 56.5 cm³/mol. The third-order valence-corrected chi connectivity index (χ3v) is 15.1. The lowest BCUT2D eigenvalue weighted by Gasteiger charge is -3.43. The van der Waals surface area contributed by atoms with E-state index in [4.69, 9.17) is 0 Å². The van der Waals surface area contributed by atoms with E-state index in [0.29, 0.717) is 0 Å². The molecule has 12 aliphatic carbocycles. The van der Waals surface area contributed by atoms with Gasteiger partial charge in [-0.3, -0.25) is 0 Å². The van der Waals surface area contributed by atoms with Crippen LogP contribution in [0.25, 0.3) is 0 Å². The zero-order chi connectivity index (χ0) is 9.93. The normalized spacial score (nSPS) is 136. The molecule has 12 fully saturated rings. The molecule has 0 N–H and O–H groups in total. The minimum atomic E-state index is 1.14. The first-order chi connectivity index (χ1) is 8.96. The van der Waals surface area contributed by atoms with E-state index in [1.165, 1.54) is 71.0 Å². The average Bonchev–Trinajstić information content (AvgIpc) is 2.30. The Morgan fingerprint density at radius 1 is 0.222 bits per heavy atom. The van der Waals surface area contributed by atoms with Crippen molar-refractivity contribution in [3.8, 4) is 0 Å². The first-order valence-electron chi connectivity index (χ1n) is 8.96. The molecule has 0 amide bonds. The van der Waals surface area contributed by atoms with Crippen molar-refractivity contribution in [1.29, 1.82) is 0 Å². The van der Waals surface area contributed by atoms with Crippen molar-refractivity contribution >= 4 is 0 Å². The molecular formula is C18H12. The quantitative estimate of drug-likeness (QED) is 0.589. The monoisotopic (exact) mass is 228 g/mol. The molecule has 0 saturated heterocycles. The maximum absolute atomic E-state index is 1.39. The van der Waals surface area contributed by atoms with Crippen LogP contribution < -0.4 is 0 Å². The van der Waals surface area contributed by atoms with Crippen LogP contribution in [0, 0.1) is 104 Å². The Labute approximate surface area is 104 Å². The number of hydrogen-bond donors (Lipinski definition) is 0. The van der Waals surface area contributed by atoms with Gasteiger partial charge in [-0.15, -0.1) is 0 Å². The second-order valence-corrected chi connectivity index (χ2v) is 11.5. The lowest BCUT2D eigenvalue weighted by atomic mass is 8.60. The van der Waals surface area contributed by atoms with Crippen LogP contribution in [-0.4, -0.2) is 0 Å². The molecule has 0 radical (unpaired) electrons. The molecule has 0 nitrogen and oxygen atoms in total. The van der Waals surface area contributed by atoms with Gasteiger partial charge in [0.2, 0.25) is 0 Å². The molecule has 0 aromatic heterocycles. The summed E-state index contributed by atoms with van der Waals surface area (Å²) < 4.78 is 0. The van der Waals surface area contributed by atoms with Gasteiger partial charge in [0.25, 0.3) is 0 Å². The molecule has 0 heterocycles. The van der Waals surface area contributed by atoms with Crippen molar-refractivity contribution in [3.05, 3.63) is 0 Å². The molecule has 0 aromatic rings. The summed E-state index contributed by atoms with van der Waals surface area (Å²) in [6, 6.07) is 0. The molecule has 12 rings (SSSR count). The van der Waals surface area contributed by atoms with Crippen molar-refractivity contribution in [2.75, 3.05) is 0 Å². The Morgan fingerprint density at radius 2 is 0.333 bits per heavy atom. The standard InChI is InChI=1S/C18H12/c1-2-4-7-5-3(1)15-9-6-8-10-12-11(9)17(5,15)18(7,12)16(4,10)14(2,8)13(1,6)15/h1-12H. The fourth-order valence-electron chi connectivity index (χ4n) is 18.3. The van der Waals surface area contributed by atoms with E-state index in [1.54, 1.807) is 0 Å². The lowest BCUT2D eigenvalue weighted by molar-refractivity contribution is -0.979. The summed E-state index contributed by atoms with van der Waals surface area (Å²) in [4.78, 5) is 0. The van der Waals surface area contributed by atoms with Crippen molar-refractivity contribution in [3.63, 3.8) is 0 Å². The highest BCUT2D eigenvalue weighted by Crippen LogP contribution is 3.43. The number of rotatable bonds is 0. The molecular weight excluding hydrogens is 216 g/mol. The molecule has 0 atom stereocenters. The largest absolute Gasteiger partial charge is 0.0269 e. The fourth-order valence-corrected chi connectivity index (χ4v) is 18.3. The Hall–Kier alpha value is 0. The van der Waals surface area contributed by atoms with E-state index in [9.17, 15) is 0 Å². The van der Waals surface area contributed by atoms with E-state index < -0.39 is 0 Å². The van der Waals surface area contributed by atoms with Crippen molar-refractivity contribution in [1.82, 2.24) is 0 Å². The molecule has 0 aromatic carbocycles. The summed E-state index contributed by atoms with van der Waals surface area (Å²) in [6.45, 7) is 0. The maximum atomic E-state index is 1.39. The number of hydrogen-bond acceptors (Lipinski definition) is 0. The van der Waals surface area contributed by atoms with E-state index in [2.05, 4.69) is 0 Å². The summed E-state index contributed by atoms with van der Waals surface area (Å²) in [5.41, 5.74) is 6.86. The first-order valence-corrected chi connectivity index (χ1v) is 8.96. The molecule has 12 aliphatic rings. The molecule has 0 aliphatic heterocycles. The zero-order valence-electron chi connectivity index (χ0n) is 9.93. The van der Waals surface area contributed by atoms with Crippen LogP contribution in [0.5, 0.6) is 0 Å². The second kappa shape index (κ2) is 0.840. The van der Waals surface area contributed by atoms with E-state index in [0.717, 1.165) is 32.5 Å². The highest BCUT2D eigenvalue weighted by Gasteiger charge is 3.41. The zero-order valence-corrected chi connectivity index (χ0v) is 9.93. The van der Waals surface area contributed by atoms with Gasteiger partial charge in [-0.05, 0) is 104 Å². The summed E-state index contributed by atoms with van der Waals surface area (Å²) in [5, 5.41) is 0. The fraction of sp³-hybridized carbons (Fsp3) is 1.00. The minimum Gasteiger partial charge on any atom is -0.0269 e. The van der Waals surface area contributed by atoms with Gasteiger partial charge < -0.3 is 0 Å². The molecule has 0 heteroatoms.